The van der Waals surface area contributed by atoms with E-state index in [0.717, 1.165) is 18.5 Å². The molecule has 0 aliphatic heterocycles. The number of aliphatic imine (C=N–C) groups is 1. The number of sulfonamides is 1. The van der Waals surface area contributed by atoms with E-state index >= 15 is 0 Å². The average Bonchev–Trinajstić information content (AvgIpc) is 2.50. The predicted octanol–water partition coefficient (Wildman–Crippen LogP) is 1.92. The van der Waals surface area contributed by atoms with E-state index in [0.29, 0.717) is 18.4 Å². The molecule has 0 unspecified atom stereocenters. The van der Waals surface area contributed by atoms with Crippen molar-refractivity contribution in [2.45, 2.75) is 31.7 Å². The second kappa shape index (κ2) is 10.8. The number of hydrogen-bond acceptors (Lipinski definition) is 3. The Morgan fingerprint density at radius 2 is 1.96 bits per heavy atom. The number of rotatable bonds is 7. The molecule has 0 aliphatic carbocycles. The molecule has 0 amide bonds. The Morgan fingerprint density at radius 3 is 2.52 bits per heavy atom. The lowest BCUT2D eigenvalue weighted by Gasteiger charge is -2.13. The molecule has 0 radical (unpaired) electrons. The average molecular weight is 454 g/mol. The van der Waals surface area contributed by atoms with Crippen LogP contribution in [0.4, 0.5) is 0 Å². The Balaban J connectivity index is 0.00000484. The van der Waals surface area contributed by atoms with Gasteiger partial charge in [-0.1, -0.05) is 26.0 Å². The van der Waals surface area contributed by atoms with Crippen LogP contribution in [0.15, 0.2) is 34.2 Å². The van der Waals surface area contributed by atoms with Crippen molar-refractivity contribution in [3.63, 3.8) is 0 Å². The summed E-state index contributed by atoms with van der Waals surface area (Å²) in [5.74, 6) is 1.34. The second-order valence-corrected chi connectivity index (χ2v) is 7.28. The van der Waals surface area contributed by atoms with E-state index in [1.165, 1.54) is 7.05 Å². The van der Waals surface area contributed by atoms with Crippen LogP contribution in [0.5, 0.6) is 0 Å². The molecule has 0 fully saturated rings. The molecule has 0 heterocycles. The maximum atomic E-state index is 11.8. The number of nitrogens with zero attached hydrogens (tertiary/aromatic N) is 1. The van der Waals surface area contributed by atoms with E-state index in [-0.39, 0.29) is 28.9 Å². The van der Waals surface area contributed by atoms with Crippen LogP contribution in [0.25, 0.3) is 0 Å². The largest absolute Gasteiger partial charge is 0.356 e. The molecule has 0 spiro atoms. The maximum absolute atomic E-state index is 11.8. The van der Waals surface area contributed by atoms with Crippen LogP contribution in [0, 0.1) is 5.92 Å². The van der Waals surface area contributed by atoms with E-state index in [1.807, 2.05) is 6.07 Å². The lowest BCUT2D eigenvalue weighted by Crippen LogP contribution is -2.37. The summed E-state index contributed by atoms with van der Waals surface area (Å²) in [6, 6.07) is 6.84. The number of halogens is 1. The smallest absolute Gasteiger partial charge is 0.240 e. The Hall–Kier alpha value is -0.870. The molecule has 1 rings (SSSR count). The molecular formula is C15H27IN4O2S. The number of guanidine groups is 1. The summed E-state index contributed by atoms with van der Waals surface area (Å²) in [6.45, 7) is 5.71. The summed E-state index contributed by atoms with van der Waals surface area (Å²) >= 11 is 0. The molecule has 0 bridgehead atoms. The summed E-state index contributed by atoms with van der Waals surface area (Å²) in [7, 11) is -0.294. The van der Waals surface area contributed by atoms with Gasteiger partial charge in [-0.2, -0.15) is 0 Å². The Bertz CT molecular complexity index is 603. The van der Waals surface area contributed by atoms with Gasteiger partial charge < -0.3 is 10.6 Å². The molecular weight excluding hydrogens is 427 g/mol. The van der Waals surface area contributed by atoms with Crippen LogP contribution >= 0.6 is 24.0 Å². The molecule has 132 valence electrons. The molecule has 0 saturated carbocycles. The van der Waals surface area contributed by atoms with E-state index in [2.05, 4.69) is 34.2 Å². The van der Waals surface area contributed by atoms with Gasteiger partial charge in [-0.25, -0.2) is 13.1 Å². The van der Waals surface area contributed by atoms with E-state index in [1.54, 1.807) is 25.2 Å². The van der Waals surface area contributed by atoms with Crippen LogP contribution in [0.2, 0.25) is 0 Å². The second-order valence-electron chi connectivity index (χ2n) is 5.39. The highest BCUT2D eigenvalue weighted by molar-refractivity contribution is 14.0. The van der Waals surface area contributed by atoms with Crippen molar-refractivity contribution in [1.82, 2.24) is 15.4 Å². The van der Waals surface area contributed by atoms with Crippen molar-refractivity contribution in [1.29, 1.82) is 0 Å². The van der Waals surface area contributed by atoms with Crippen molar-refractivity contribution < 1.29 is 8.42 Å². The van der Waals surface area contributed by atoms with Crippen LogP contribution in [-0.4, -0.2) is 35.0 Å². The van der Waals surface area contributed by atoms with Gasteiger partial charge in [-0.15, -0.1) is 24.0 Å². The van der Waals surface area contributed by atoms with Gasteiger partial charge in [0.15, 0.2) is 5.96 Å². The molecule has 1 aromatic carbocycles. The van der Waals surface area contributed by atoms with Crippen LogP contribution < -0.4 is 15.4 Å². The van der Waals surface area contributed by atoms with E-state index in [9.17, 15) is 8.42 Å². The van der Waals surface area contributed by atoms with Gasteiger partial charge in [-0.3, -0.25) is 4.99 Å². The molecule has 0 aliphatic rings. The van der Waals surface area contributed by atoms with Gasteiger partial charge >= 0.3 is 0 Å². The van der Waals surface area contributed by atoms with Gasteiger partial charge in [0.05, 0.1) is 4.90 Å². The number of hydrogen-bond donors (Lipinski definition) is 3. The molecule has 0 aromatic heterocycles. The fourth-order valence-electron chi connectivity index (χ4n) is 1.83. The highest BCUT2D eigenvalue weighted by Crippen LogP contribution is 2.10. The molecule has 23 heavy (non-hydrogen) atoms. The highest BCUT2D eigenvalue weighted by Gasteiger charge is 2.11. The SMILES string of the molecule is CN=C(NCCC(C)C)NCc1cccc(S(=O)(=O)NC)c1.I. The third-order valence-electron chi connectivity index (χ3n) is 3.18. The minimum atomic E-state index is -3.41. The van der Waals surface area contributed by atoms with Crippen LogP contribution in [0.3, 0.4) is 0 Å². The third-order valence-corrected chi connectivity index (χ3v) is 4.59. The Morgan fingerprint density at radius 1 is 1.26 bits per heavy atom. The molecule has 3 N–H and O–H groups in total. The normalized spacial score (nSPS) is 12.0. The quantitative estimate of drug-likeness (QED) is 0.334. The number of benzene rings is 1. The first kappa shape index (κ1) is 22.1. The van der Waals surface area contributed by atoms with Crippen LogP contribution in [-0.2, 0) is 16.6 Å². The topological polar surface area (TPSA) is 82.6 Å². The standard InChI is InChI=1S/C15H26N4O2S.HI/c1-12(2)8-9-18-15(16-3)19-11-13-6-5-7-14(10-13)22(20,21)17-4;/h5-7,10,12,17H,8-9,11H2,1-4H3,(H2,16,18,19);1H. The third kappa shape index (κ3) is 7.98. The van der Waals surface area contributed by atoms with Crippen molar-refractivity contribution >= 4 is 40.0 Å². The summed E-state index contributed by atoms with van der Waals surface area (Å²) in [5.41, 5.74) is 0.878. The molecule has 8 heteroatoms. The minimum Gasteiger partial charge on any atom is -0.356 e. The van der Waals surface area contributed by atoms with Crippen molar-refractivity contribution in [2.75, 3.05) is 20.6 Å². The number of nitrogens with one attached hydrogen (secondary N) is 3. The van der Waals surface area contributed by atoms with E-state index < -0.39 is 10.0 Å². The van der Waals surface area contributed by atoms with Gasteiger partial charge in [0.2, 0.25) is 10.0 Å². The molecule has 1 aromatic rings. The lowest BCUT2D eigenvalue weighted by molar-refractivity contribution is 0.573. The zero-order valence-corrected chi connectivity index (χ0v) is 17.2. The van der Waals surface area contributed by atoms with Crippen molar-refractivity contribution in [3.05, 3.63) is 29.8 Å². The molecule has 0 atom stereocenters. The maximum Gasteiger partial charge on any atom is 0.240 e. The minimum absolute atomic E-state index is 0. The zero-order valence-electron chi connectivity index (χ0n) is 14.1. The van der Waals surface area contributed by atoms with Crippen LogP contribution in [0.1, 0.15) is 25.8 Å². The van der Waals surface area contributed by atoms with Gasteiger partial charge in [0, 0.05) is 20.1 Å². The first-order valence-electron chi connectivity index (χ1n) is 7.36. The Labute approximate surface area is 156 Å². The molecule has 6 nitrogen and oxygen atoms in total. The summed E-state index contributed by atoms with van der Waals surface area (Å²) in [4.78, 5) is 4.41. The first-order chi connectivity index (χ1) is 10.4. The van der Waals surface area contributed by atoms with Gasteiger partial charge in [0.25, 0.3) is 0 Å². The lowest BCUT2D eigenvalue weighted by atomic mass is 10.1. The van der Waals surface area contributed by atoms with Gasteiger partial charge in [0.1, 0.15) is 0 Å². The molecule has 0 saturated heterocycles. The highest BCUT2D eigenvalue weighted by atomic mass is 127. The van der Waals surface area contributed by atoms with Crippen molar-refractivity contribution in [3.8, 4) is 0 Å². The Kier molecular flexibility index (Phi) is 10.4. The fourth-order valence-corrected chi connectivity index (χ4v) is 2.63. The monoisotopic (exact) mass is 454 g/mol. The summed E-state index contributed by atoms with van der Waals surface area (Å²) in [6.07, 6.45) is 1.07. The summed E-state index contributed by atoms with van der Waals surface area (Å²) < 4.78 is 25.9. The van der Waals surface area contributed by atoms with Gasteiger partial charge in [-0.05, 0) is 37.1 Å². The van der Waals surface area contributed by atoms with E-state index in [4.69, 9.17) is 0 Å². The van der Waals surface area contributed by atoms with Crippen molar-refractivity contribution in [2.24, 2.45) is 10.9 Å². The summed E-state index contributed by atoms with van der Waals surface area (Å²) in [5, 5.41) is 6.42. The zero-order chi connectivity index (χ0) is 16.6. The first-order valence-corrected chi connectivity index (χ1v) is 8.84. The fraction of sp³-hybridized carbons (Fsp3) is 0.533. The predicted molar refractivity (Wildman–Crippen MR) is 106 cm³/mol.